The fourth-order valence-electron chi connectivity index (χ4n) is 2.65. The fourth-order valence-corrected chi connectivity index (χ4v) is 2.65. The van der Waals surface area contributed by atoms with Gasteiger partial charge < -0.3 is 10.1 Å². The number of carbonyl (C=O) groups is 1. The van der Waals surface area contributed by atoms with Crippen LogP contribution in [0.5, 0.6) is 5.75 Å². The number of hydrogen-bond donors (Lipinski definition) is 1. The van der Waals surface area contributed by atoms with E-state index in [1.165, 1.54) is 17.7 Å². The standard InChI is InChI=1S/C21H22FN3O2/c1-3-18(27-19-7-5-4-6-17(19)22)21(26)24-20-12-13-23-25(20)14-16-10-8-15(2)9-11-16/h4-13,18H,3,14H2,1-2H3,(H,24,26). The molecule has 0 aliphatic carbocycles. The van der Waals surface area contributed by atoms with Gasteiger partial charge in [-0.3, -0.25) is 4.79 Å². The first-order chi connectivity index (χ1) is 13.1. The van der Waals surface area contributed by atoms with Crippen molar-refractivity contribution in [1.82, 2.24) is 9.78 Å². The minimum atomic E-state index is -0.801. The summed E-state index contributed by atoms with van der Waals surface area (Å²) in [5.74, 6) is -0.205. The van der Waals surface area contributed by atoms with Crippen molar-refractivity contribution in [3.05, 3.63) is 77.7 Å². The van der Waals surface area contributed by atoms with Gasteiger partial charge in [0, 0.05) is 6.07 Å². The third-order valence-electron chi connectivity index (χ3n) is 4.19. The molecule has 1 aromatic heterocycles. The van der Waals surface area contributed by atoms with Gasteiger partial charge in [0.2, 0.25) is 0 Å². The molecule has 0 fully saturated rings. The minimum Gasteiger partial charge on any atom is -0.478 e. The lowest BCUT2D eigenvalue weighted by Gasteiger charge is -2.18. The predicted molar refractivity (Wildman–Crippen MR) is 102 cm³/mol. The number of carbonyl (C=O) groups excluding carboxylic acids is 1. The fraction of sp³-hybridized carbons (Fsp3) is 0.238. The van der Waals surface area contributed by atoms with Crippen molar-refractivity contribution in [3.63, 3.8) is 0 Å². The molecule has 1 N–H and O–H groups in total. The van der Waals surface area contributed by atoms with Crippen molar-refractivity contribution < 1.29 is 13.9 Å². The van der Waals surface area contributed by atoms with Crippen LogP contribution in [0.4, 0.5) is 10.2 Å². The zero-order valence-corrected chi connectivity index (χ0v) is 15.4. The first kappa shape index (κ1) is 18.6. The smallest absolute Gasteiger partial charge is 0.266 e. The third-order valence-corrected chi connectivity index (χ3v) is 4.19. The van der Waals surface area contributed by atoms with Crippen molar-refractivity contribution in [2.24, 2.45) is 0 Å². The van der Waals surface area contributed by atoms with E-state index in [0.717, 1.165) is 5.56 Å². The zero-order valence-electron chi connectivity index (χ0n) is 15.4. The molecule has 0 aliphatic heterocycles. The molecule has 0 bridgehead atoms. The van der Waals surface area contributed by atoms with Crippen LogP contribution >= 0.6 is 0 Å². The molecule has 3 rings (SSSR count). The quantitative estimate of drug-likeness (QED) is 0.682. The maximum atomic E-state index is 13.8. The Bertz CT molecular complexity index is 906. The third kappa shape index (κ3) is 4.73. The molecular weight excluding hydrogens is 345 g/mol. The molecule has 0 saturated carbocycles. The highest BCUT2D eigenvalue weighted by atomic mass is 19.1. The van der Waals surface area contributed by atoms with Gasteiger partial charge in [0.1, 0.15) is 5.82 Å². The summed E-state index contributed by atoms with van der Waals surface area (Å²) in [7, 11) is 0. The number of hydrogen-bond acceptors (Lipinski definition) is 3. The van der Waals surface area contributed by atoms with Crippen molar-refractivity contribution in [3.8, 4) is 5.75 Å². The summed E-state index contributed by atoms with van der Waals surface area (Å²) < 4.78 is 21.1. The number of para-hydroxylation sites is 1. The van der Waals surface area contributed by atoms with Crippen LogP contribution in [0.1, 0.15) is 24.5 Å². The lowest BCUT2D eigenvalue weighted by atomic mass is 10.1. The Morgan fingerprint density at radius 2 is 1.93 bits per heavy atom. The van der Waals surface area contributed by atoms with Gasteiger partial charge in [0.05, 0.1) is 12.7 Å². The average molecular weight is 367 g/mol. The lowest BCUT2D eigenvalue weighted by molar-refractivity contribution is -0.123. The van der Waals surface area contributed by atoms with Gasteiger partial charge in [-0.1, -0.05) is 48.9 Å². The lowest BCUT2D eigenvalue weighted by Crippen LogP contribution is -2.33. The Labute approximate surface area is 157 Å². The van der Waals surface area contributed by atoms with E-state index in [1.807, 2.05) is 38.1 Å². The summed E-state index contributed by atoms with van der Waals surface area (Å²) in [5, 5.41) is 7.10. The molecule has 5 nitrogen and oxygen atoms in total. The average Bonchev–Trinajstić information content (AvgIpc) is 3.09. The number of halogens is 1. The molecule has 0 saturated heterocycles. The van der Waals surface area contributed by atoms with Gasteiger partial charge in [-0.2, -0.15) is 5.10 Å². The van der Waals surface area contributed by atoms with Crippen LogP contribution in [-0.2, 0) is 11.3 Å². The van der Waals surface area contributed by atoms with Crippen molar-refractivity contribution in [1.29, 1.82) is 0 Å². The van der Waals surface area contributed by atoms with Crippen molar-refractivity contribution >= 4 is 11.7 Å². The Kier molecular flexibility index (Phi) is 5.86. The van der Waals surface area contributed by atoms with E-state index in [0.29, 0.717) is 18.8 Å². The Morgan fingerprint density at radius 3 is 2.63 bits per heavy atom. The highest BCUT2D eigenvalue weighted by Crippen LogP contribution is 2.19. The van der Waals surface area contributed by atoms with Crippen LogP contribution in [0.25, 0.3) is 0 Å². The van der Waals surface area contributed by atoms with E-state index in [4.69, 9.17) is 4.74 Å². The normalized spacial score (nSPS) is 11.8. The molecule has 1 unspecified atom stereocenters. The number of ether oxygens (including phenoxy) is 1. The Morgan fingerprint density at radius 1 is 1.19 bits per heavy atom. The van der Waals surface area contributed by atoms with Crippen molar-refractivity contribution in [2.75, 3.05) is 5.32 Å². The maximum absolute atomic E-state index is 13.8. The molecular formula is C21H22FN3O2. The summed E-state index contributed by atoms with van der Waals surface area (Å²) >= 11 is 0. The zero-order chi connectivity index (χ0) is 19.2. The number of aromatic nitrogens is 2. The summed E-state index contributed by atoms with van der Waals surface area (Å²) in [6.45, 7) is 4.38. The van der Waals surface area contributed by atoms with Gasteiger partial charge in [-0.15, -0.1) is 0 Å². The largest absolute Gasteiger partial charge is 0.478 e. The monoisotopic (exact) mass is 367 g/mol. The van der Waals surface area contributed by atoms with Gasteiger partial charge in [0.25, 0.3) is 5.91 Å². The highest BCUT2D eigenvalue weighted by Gasteiger charge is 2.21. The molecule has 27 heavy (non-hydrogen) atoms. The number of benzene rings is 2. The van der Waals surface area contributed by atoms with Crippen LogP contribution in [0.15, 0.2) is 60.8 Å². The van der Waals surface area contributed by atoms with E-state index in [1.54, 1.807) is 29.1 Å². The van der Waals surface area contributed by atoms with E-state index in [2.05, 4.69) is 10.4 Å². The van der Waals surface area contributed by atoms with Gasteiger partial charge in [-0.25, -0.2) is 9.07 Å². The topological polar surface area (TPSA) is 56.1 Å². The molecule has 3 aromatic rings. The van der Waals surface area contributed by atoms with E-state index < -0.39 is 11.9 Å². The van der Waals surface area contributed by atoms with Crippen LogP contribution in [0.3, 0.4) is 0 Å². The van der Waals surface area contributed by atoms with E-state index >= 15 is 0 Å². The molecule has 0 radical (unpaired) electrons. The summed E-state index contributed by atoms with van der Waals surface area (Å²) in [4.78, 5) is 12.6. The number of anilines is 1. The van der Waals surface area contributed by atoms with Crippen molar-refractivity contribution in [2.45, 2.75) is 32.9 Å². The summed E-state index contributed by atoms with van der Waals surface area (Å²) in [5.41, 5.74) is 2.26. The number of rotatable bonds is 7. The molecule has 0 aliphatic rings. The van der Waals surface area contributed by atoms with Gasteiger partial charge >= 0.3 is 0 Å². The predicted octanol–water partition coefficient (Wildman–Crippen LogP) is 4.18. The number of aryl methyl sites for hydroxylation is 1. The number of amides is 1. The Balaban J connectivity index is 1.69. The van der Waals surface area contributed by atoms with Crippen LogP contribution in [-0.4, -0.2) is 21.8 Å². The molecule has 140 valence electrons. The number of nitrogens with one attached hydrogen (secondary N) is 1. The summed E-state index contributed by atoms with van der Waals surface area (Å²) in [6, 6.07) is 15.9. The number of nitrogens with zero attached hydrogens (tertiary/aromatic N) is 2. The molecule has 1 amide bonds. The second-order valence-corrected chi connectivity index (χ2v) is 6.29. The first-order valence-electron chi connectivity index (χ1n) is 8.86. The SMILES string of the molecule is CCC(Oc1ccccc1F)C(=O)Nc1ccnn1Cc1ccc(C)cc1. The van der Waals surface area contributed by atoms with Gasteiger partial charge in [0.15, 0.2) is 17.7 Å². The molecule has 0 spiro atoms. The second-order valence-electron chi connectivity index (χ2n) is 6.29. The van der Waals surface area contributed by atoms with Gasteiger partial charge in [-0.05, 0) is 31.0 Å². The molecule has 2 aromatic carbocycles. The molecule has 1 heterocycles. The Hall–Kier alpha value is -3.15. The summed E-state index contributed by atoms with van der Waals surface area (Å²) in [6.07, 6.45) is 1.24. The molecule has 6 heteroatoms. The maximum Gasteiger partial charge on any atom is 0.266 e. The second kappa shape index (κ2) is 8.49. The molecule has 1 atom stereocenters. The van der Waals surface area contributed by atoms with E-state index in [9.17, 15) is 9.18 Å². The minimum absolute atomic E-state index is 0.0627. The van der Waals surface area contributed by atoms with Crippen LogP contribution < -0.4 is 10.1 Å². The van der Waals surface area contributed by atoms with E-state index in [-0.39, 0.29) is 11.7 Å². The first-order valence-corrected chi connectivity index (χ1v) is 8.86. The highest BCUT2D eigenvalue weighted by molar-refractivity contribution is 5.93. The van der Waals surface area contributed by atoms with Crippen LogP contribution in [0, 0.1) is 12.7 Å². The van der Waals surface area contributed by atoms with Crippen LogP contribution in [0.2, 0.25) is 0 Å².